The Morgan fingerprint density at radius 3 is 2.79 bits per heavy atom. The number of hydrogen-bond donors (Lipinski definition) is 1. The molecule has 2 saturated carbocycles. The van der Waals surface area contributed by atoms with E-state index in [0.29, 0.717) is 11.8 Å². The van der Waals surface area contributed by atoms with Gasteiger partial charge in [0, 0.05) is 18.0 Å². The third kappa shape index (κ3) is 2.21. The molecule has 4 heteroatoms. The van der Waals surface area contributed by atoms with E-state index in [-0.39, 0.29) is 17.9 Å². The van der Waals surface area contributed by atoms with Crippen LogP contribution < -0.4 is 5.73 Å². The molecule has 1 heterocycles. The number of nitrogens with two attached hydrogens (primary N) is 1. The van der Waals surface area contributed by atoms with Crippen molar-refractivity contribution >= 4 is 17.2 Å². The number of fused-ring (bicyclic) bond motifs is 2. The van der Waals surface area contributed by atoms with Crippen molar-refractivity contribution in [1.82, 2.24) is 4.90 Å². The van der Waals surface area contributed by atoms with Gasteiger partial charge in [0.25, 0.3) is 0 Å². The van der Waals surface area contributed by atoms with E-state index in [9.17, 15) is 4.79 Å². The van der Waals surface area contributed by atoms with Gasteiger partial charge in [0.1, 0.15) is 0 Å². The van der Waals surface area contributed by atoms with Crippen molar-refractivity contribution in [2.24, 2.45) is 23.5 Å². The molecule has 2 fully saturated rings. The zero-order chi connectivity index (χ0) is 13.6. The van der Waals surface area contributed by atoms with E-state index in [0.717, 1.165) is 6.54 Å². The van der Waals surface area contributed by atoms with E-state index in [2.05, 4.69) is 18.4 Å². The first-order valence-electron chi connectivity index (χ1n) is 7.11. The number of aryl methyl sites for hydroxylation is 1. The maximum Gasteiger partial charge on any atom is 0.227 e. The van der Waals surface area contributed by atoms with Crippen LogP contribution in [-0.2, 0) is 11.3 Å². The summed E-state index contributed by atoms with van der Waals surface area (Å²) in [7, 11) is 1.92. The molecule has 2 aliphatic rings. The van der Waals surface area contributed by atoms with Crippen LogP contribution in [0.2, 0.25) is 0 Å². The van der Waals surface area contributed by atoms with Gasteiger partial charge in [0.2, 0.25) is 5.91 Å². The number of nitrogens with zero attached hydrogens (tertiary/aromatic N) is 1. The van der Waals surface area contributed by atoms with Gasteiger partial charge in [0.05, 0.1) is 12.5 Å². The van der Waals surface area contributed by atoms with Crippen LogP contribution >= 0.6 is 11.3 Å². The lowest BCUT2D eigenvalue weighted by Gasteiger charge is -2.30. The lowest BCUT2D eigenvalue weighted by molar-refractivity contribution is -0.136. The minimum absolute atomic E-state index is 0.0732. The second-order valence-corrected chi connectivity index (χ2v) is 7.16. The van der Waals surface area contributed by atoms with E-state index in [1.54, 1.807) is 11.3 Å². The van der Waals surface area contributed by atoms with Gasteiger partial charge in [-0.1, -0.05) is 0 Å². The summed E-state index contributed by atoms with van der Waals surface area (Å²) >= 11 is 1.73. The normalized spacial score (nSPS) is 32.8. The zero-order valence-corrected chi connectivity index (χ0v) is 12.5. The molecule has 1 aromatic heterocycles. The summed E-state index contributed by atoms with van der Waals surface area (Å²) in [5.74, 6) is 1.46. The van der Waals surface area contributed by atoms with Crippen molar-refractivity contribution in [3.05, 3.63) is 21.9 Å². The van der Waals surface area contributed by atoms with Gasteiger partial charge in [-0.15, -0.1) is 11.3 Å². The highest BCUT2D eigenvalue weighted by atomic mass is 32.1. The Labute approximate surface area is 118 Å². The van der Waals surface area contributed by atoms with E-state index >= 15 is 0 Å². The molecule has 0 aliphatic heterocycles. The van der Waals surface area contributed by atoms with Gasteiger partial charge in [-0.05, 0) is 55.0 Å². The summed E-state index contributed by atoms with van der Waals surface area (Å²) in [5.41, 5.74) is 7.54. The fourth-order valence-corrected chi connectivity index (χ4v) is 4.77. The van der Waals surface area contributed by atoms with Crippen molar-refractivity contribution in [2.45, 2.75) is 38.8 Å². The topological polar surface area (TPSA) is 46.3 Å². The van der Waals surface area contributed by atoms with Gasteiger partial charge in [-0.2, -0.15) is 0 Å². The van der Waals surface area contributed by atoms with Crippen molar-refractivity contribution in [3.63, 3.8) is 0 Å². The highest BCUT2D eigenvalue weighted by molar-refractivity contribution is 7.10. The fraction of sp³-hybridized carbons (Fsp3) is 0.667. The maximum atomic E-state index is 12.6. The number of carbonyl (C=O) groups is 1. The van der Waals surface area contributed by atoms with E-state index in [1.165, 1.54) is 29.7 Å². The van der Waals surface area contributed by atoms with Crippen molar-refractivity contribution in [1.29, 1.82) is 0 Å². The van der Waals surface area contributed by atoms with Gasteiger partial charge in [-0.3, -0.25) is 4.79 Å². The standard InChI is InChI=1S/C15H22N2OS/c1-9-5-6-19-12(9)8-17(2)15(18)13-10-3-4-11(7-10)14(13)16/h5-6,10-11,13-14H,3-4,7-8,16H2,1-2H3. The van der Waals surface area contributed by atoms with Crippen LogP contribution in [0.1, 0.15) is 29.7 Å². The highest BCUT2D eigenvalue weighted by Gasteiger charge is 2.49. The van der Waals surface area contributed by atoms with Crippen LogP contribution in [-0.4, -0.2) is 23.9 Å². The molecule has 0 spiro atoms. The summed E-state index contributed by atoms with van der Waals surface area (Å²) in [6.07, 6.45) is 3.59. The monoisotopic (exact) mass is 278 g/mol. The summed E-state index contributed by atoms with van der Waals surface area (Å²) in [6.45, 7) is 2.83. The molecule has 0 radical (unpaired) electrons. The molecule has 3 nitrogen and oxygen atoms in total. The van der Waals surface area contributed by atoms with Crippen LogP contribution in [0.15, 0.2) is 11.4 Å². The molecule has 1 aromatic rings. The Morgan fingerprint density at radius 1 is 1.47 bits per heavy atom. The number of rotatable bonds is 3. The predicted octanol–water partition coefficient (Wildman–Crippen LogP) is 2.39. The first-order valence-corrected chi connectivity index (χ1v) is 7.99. The number of carbonyl (C=O) groups excluding carboxylic acids is 1. The molecule has 3 rings (SSSR count). The van der Waals surface area contributed by atoms with E-state index in [4.69, 9.17) is 5.73 Å². The number of amides is 1. The zero-order valence-electron chi connectivity index (χ0n) is 11.6. The summed E-state index contributed by atoms with van der Waals surface area (Å²) < 4.78 is 0. The lowest BCUT2D eigenvalue weighted by Crippen LogP contribution is -2.45. The smallest absolute Gasteiger partial charge is 0.227 e. The molecule has 4 atom stereocenters. The van der Waals surface area contributed by atoms with E-state index in [1.807, 2.05) is 11.9 Å². The summed E-state index contributed by atoms with van der Waals surface area (Å²) in [6, 6.07) is 2.21. The van der Waals surface area contributed by atoms with Crippen molar-refractivity contribution < 1.29 is 4.79 Å². The van der Waals surface area contributed by atoms with E-state index < -0.39 is 0 Å². The quantitative estimate of drug-likeness (QED) is 0.923. The van der Waals surface area contributed by atoms with Crippen LogP contribution in [0.25, 0.3) is 0 Å². The van der Waals surface area contributed by atoms with Gasteiger partial charge in [-0.25, -0.2) is 0 Å². The molecule has 104 valence electrons. The molecule has 1 amide bonds. The largest absolute Gasteiger partial charge is 0.340 e. The fourth-order valence-electron chi connectivity index (χ4n) is 3.82. The van der Waals surface area contributed by atoms with Crippen LogP contribution in [0.5, 0.6) is 0 Å². The van der Waals surface area contributed by atoms with Gasteiger partial charge >= 0.3 is 0 Å². The van der Waals surface area contributed by atoms with Gasteiger partial charge in [0.15, 0.2) is 0 Å². The third-order valence-electron chi connectivity index (χ3n) is 4.99. The Bertz CT molecular complexity index is 482. The SMILES string of the molecule is Cc1ccsc1CN(C)C(=O)C1C2CCC(C2)C1N. The number of hydrogen-bond acceptors (Lipinski definition) is 3. The second kappa shape index (κ2) is 4.91. The molecule has 2 aliphatic carbocycles. The molecule has 19 heavy (non-hydrogen) atoms. The first-order chi connectivity index (χ1) is 9.08. The third-order valence-corrected chi connectivity index (χ3v) is 6.00. The lowest BCUT2D eigenvalue weighted by atomic mass is 9.84. The predicted molar refractivity (Wildman–Crippen MR) is 77.8 cm³/mol. The Hall–Kier alpha value is -0.870. The minimum Gasteiger partial charge on any atom is -0.340 e. The molecular weight excluding hydrogens is 256 g/mol. The molecule has 2 N–H and O–H groups in total. The average molecular weight is 278 g/mol. The van der Waals surface area contributed by atoms with Crippen molar-refractivity contribution in [2.75, 3.05) is 7.05 Å². The van der Waals surface area contributed by atoms with Crippen LogP contribution in [0, 0.1) is 24.7 Å². The highest BCUT2D eigenvalue weighted by Crippen LogP contribution is 2.48. The Balaban J connectivity index is 1.69. The van der Waals surface area contributed by atoms with Gasteiger partial charge < -0.3 is 10.6 Å². The second-order valence-electron chi connectivity index (χ2n) is 6.16. The number of thiophene rings is 1. The summed E-state index contributed by atoms with van der Waals surface area (Å²) in [4.78, 5) is 15.8. The summed E-state index contributed by atoms with van der Waals surface area (Å²) in [5, 5.41) is 2.09. The molecule has 4 unspecified atom stereocenters. The Morgan fingerprint density at radius 2 is 2.21 bits per heavy atom. The van der Waals surface area contributed by atoms with Crippen LogP contribution in [0.3, 0.4) is 0 Å². The van der Waals surface area contributed by atoms with Crippen molar-refractivity contribution in [3.8, 4) is 0 Å². The first kappa shape index (κ1) is 13.1. The minimum atomic E-state index is 0.0732. The Kier molecular flexibility index (Phi) is 3.39. The molecular formula is C15H22N2OS. The average Bonchev–Trinajstić information content (AvgIpc) is 3.06. The maximum absolute atomic E-state index is 12.6. The molecule has 0 aromatic carbocycles. The van der Waals surface area contributed by atoms with Crippen LogP contribution in [0.4, 0.5) is 0 Å². The molecule has 2 bridgehead atoms. The molecule has 0 saturated heterocycles.